The number of nitrogens with two attached hydrogens (primary N) is 1. The average molecular weight is 239 g/mol. The van der Waals surface area contributed by atoms with Crippen LogP contribution in [0.15, 0.2) is 0 Å². The van der Waals surface area contributed by atoms with Crippen molar-refractivity contribution in [3.8, 4) is 0 Å². The molecule has 2 N–H and O–H groups in total. The molecule has 0 radical (unpaired) electrons. The summed E-state index contributed by atoms with van der Waals surface area (Å²) in [5.74, 6) is 0.486. The third kappa shape index (κ3) is 2.99. The number of likely N-dealkylation sites (tertiary alicyclic amines) is 1. The van der Waals surface area contributed by atoms with Crippen molar-refractivity contribution in [1.82, 2.24) is 9.80 Å². The summed E-state index contributed by atoms with van der Waals surface area (Å²) in [6.07, 6.45) is 5.35. The first-order valence-corrected chi connectivity index (χ1v) is 6.78. The van der Waals surface area contributed by atoms with Crippen molar-refractivity contribution in [3.05, 3.63) is 0 Å². The molecule has 0 aromatic rings. The maximum absolute atomic E-state index is 12.2. The van der Waals surface area contributed by atoms with Gasteiger partial charge in [-0.1, -0.05) is 0 Å². The number of nitrogens with zero attached hydrogens (tertiary/aromatic N) is 2. The summed E-state index contributed by atoms with van der Waals surface area (Å²) in [4.78, 5) is 16.5. The Morgan fingerprint density at radius 1 is 1.41 bits per heavy atom. The number of carbonyl (C=O) groups is 1. The maximum Gasteiger partial charge on any atom is 0.225 e. The van der Waals surface area contributed by atoms with Crippen LogP contribution in [0.1, 0.15) is 32.1 Å². The van der Waals surface area contributed by atoms with Crippen LogP contribution in [-0.2, 0) is 4.79 Å². The number of hydrogen-bond acceptors (Lipinski definition) is 3. The Labute approximate surface area is 104 Å². The van der Waals surface area contributed by atoms with Crippen molar-refractivity contribution < 1.29 is 4.79 Å². The highest BCUT2D eigenvalue weighted by Gasteiger charge is 2.31. The molecular formula is C13H25N3O. The van der Waals surface area contributed by atoms with Gasteiger partial charge < -0.3 is 15.5 Å². The van der Waals surface area contributed by atoms with E-state index in [1.165, 1.54) is 19.4 Å². The van der Waals surface area contributed by atoms with Gasteiger partial charge in [-0.15, -0.1) is 0 Å². The molecule has 98 valence electrons. The normalized spacial score (nSPS) is 34.2. The van der Waals surface area contributed by atoms with Crippen molar-refractivity contribution in [1.29, 1.82) is 0 Å². The van der Waals surface area contributed by atoms with E-state index in [0.717, 1.165) is 25.8 Å². The molecule has 0 aromatic heterocycles. The summed E-state index contributed by atoms with van der Waals surface area (Å²) < 4.78 is 0. The lowest BCUT2D eigenvalue weighted by Crippen LogP contribution is -2.41. The first kappa shape index (κ1) is 12.8. The van der Waals surface area contributed by atoms with Gasteiger partial charge in [-0.05, 0) is 45.7 Å². The summed E-state index contributed by atoms with van der Waals surface area (Å²) in [6.45, 7) is 2.04. The highest BCUT2D eigenvalue weighted by atomic mass is 16.2. The lowest BCUT2D eigenvalue weighted by Gasteiger charge is -2.27. The number of hydrogen-bond donors (Lipinski definition) is 1. The van der Waals surface area contributed by atoms with Crippen LogP contribution in [0.5, 0.6) is 0 Å². The monoisotopic (exact) mass is 239 g/mol. The van der Waals surface area contributed by atoms with Gasteiger partial charge in [0, 0.05) is 31.6 Å². The SMILES string of the molecule is CN(CC1CCCN1C)C(=O)C1CCC(N)C1. The Kier molecular flexibility index (Phi) is 4.05. The molecule has 0 bridgehead atoms. The van der Waals surface area contributed by atoms with Crippen LogP contribution in [0.25, 0.3) is 0 Å². The lowest BCUT2D eigenvalue weighted by molar-refractivity contribution is -0.134. The van der Waals surface area contributed by atoms with Crippen LogP contribution in [0, 0.1) is 5.92 Å². The molecule has 1 amide bonds. The number of likely N-dealkylation sites (N-methyl/N-ethyl adjacent to an activating group) is 2. The summed E-state index contributed by atoms with van der Waals surface area (Å²) in [7, 11) is 4.10. The Balaban J connectivity index is 1.82. The minimum absolute atomic E-state index is 0.182. The maximum atomic E-state index is 12.2. The van der Waals surface area contributed by atoms with E-state index in [4.69, 9.17) is 5.73 Å². The van der Waals surface area contributed by atoms with Crippen LogP contribution in [0.3, 0.4) is 0 Å². The third-order valence-corrected chi connectivity index (χ3v) is 4.35. The molecule has 2 rings (SSSR count). The van der Waals surface area contributed by atoms with Gasteiger partial charge >= 0.3 is 0 Å². The molecule has 3 unspecified atom stereocenters. The lowest BCUT2D eigenvalue weighted by atomic mass is 10.1. The molecule has 1 aliphatic heterocycles. The second-order valence-corrected chi connectivity index (χ2v) is 5.77. The summed E-state index contributed by atoms with van der Waals surface area (Å²) in [5, 5.41) is 0. The molecule has 2 fully saturated rings. The molecule has 4 heteroatoms. The molecule has 0 spiro atoms. The Bertz CT molecular complexity index is 282. The largest absolute Gasteiger partial charge is 0.344 e. The van der Waals surface area contributed by atoms with Crippen LogP contribution >= 0.6 is 0 Å². The van der Waals surface area contributed by atoms with E-state index in [1.54, 1.807) is 0 Å². The Hall–Kier alpha value is -0.610. The van der Waals surface area contributed by atoms with Crippen molar-refractivity contribution in [2.75, 3.05) is 27.2 Å². The van der Waals surface area contributed by atoms with Gasteiger partial charge in [-0.3, -0.25) is 4.79 Å². The van der Waals surface area contributed by atoms with E-state index >= 15 is 0 Å². The average Bonchev–Trinajstić information content (AvgIpc) is 2.88. The molecule has 2 aliphatic rings. The minimum Gasteiger partial charge on any atom is -0.344 e. The van der Waals surface area contributed by atoms with Crippen molar-refractivity contribution in [3.63, 3.8) is 0 Å². The van der Waals surface area contributed by atoms with Gasteiger partial charge in [0.05, 0.1) is 0 Å². The zero-order valence-electron chi connectivity index (χ0n) is 11.1. The van der Waals surface area contributed by atoms with E-state index in [-0.39, 0.29) is 12.0 Å². The quantitative estimate of drug-likeness (QED) is 0.787. The molecule has 0 aromatic carbocycles. The highest BCUT2D eigenvalue weighted by molar-refractivity contribution is 5.79. The second kappa shape index (κ2) is 5.36. The molecule has 1 aliphatic carbocycles. The van der Waals surface area contributed by atoms with E-state index in [0.29, 0.717) is 11.9 Å². The van der Waals surface area contributed by atoms with E-state index < -0.39 is 0 Å². The molecule has 3 atom stereocenters. The van der Waals surface area contributed by atoms with E-state index in [9.17, 15) is 4.79 Å². The highest BCUT2D eigenvalue weighted by Crippen LogP contribution is 2.26. The first-order chi connectivity index (χ1) is 8.08. The third-order valence-electron chi connectivity index (χ3n) is 4.35. The predicted molar refractivity (Wildman–Crippen MR) is 68.6 cm³/mol. The number of amides is 1. The van der Waals surface area contributed by atoms with Crippen molar-refractivity contribution in [2.45, 2.75) is 44.2 Å². The Morgan fingerprint density at radius 3 is 2.71 bits per heavy atom. The minimum atomic E-state index is 0.182. The predicted octanol–water partition coefficient (Wildman–Crippen LogP) is 0.666. The van der Waals surface area contributed by atoms with Crippen LogP contribution in [0.4, 0.5) is 0 Å². The zero-order valence-corrected chi connectivity index (χ0v) is 11.1. The van der Waals surface area contributed by atoms with Gasteiger partial charge in [-0.2, -0.15) is 0 Å². The zero-order chi connectivity index (χ0) is 12.4. The molecule has 1 saturated heterocycles. The second-order valence-electron chi connectivity index (χ2n) is 5.77. The molecule has 17 heavy (non-hydrogen) atoms. The van der Waals surface area contributed by atoms with Crippen molar-refractivity contribution in [2.24, 2.45) is 11.7 Å². The van der Waals surface area contributed by atoms with E-state index in [1.807, 2.05) is 11.9 Å². The standard InChI is InChI=1S/C13H25N3O/c1-15-7-3-4-12(15)9-16(2)13(17)10-5-6-11(14)8-10/h10-12H,3-9,14H2,1-2H3. The van der Waals surface area contributed by atoms with Crippen LogP contribution < -0.4 is 5.73 Å². The first-order valence-electron chi connectivity index (χ1n) is 6.78. The smallest absolute Gasteiger partial charge is 0.225 e. The van der Waals surface area contributed by atoms with Gasteiger partial charge in [0.2, 0.25) is 5.91 Å². The van der Waals surface area contributed by atoms with Gasteiger partial charge in [0.15, 0.2) is 0 Å². The van der Waals surface area contributed by atoms with Gasteiger partial charge in [0.25, 0.3) is 0 Å². The van der Waals surface area contributed by atoms with Crippen LogP contribution in [-0.4, -0.2) is 55.0 Å². The van der Waals surface area contributed by atoms with E-state index in [2.05, 4.69) is 11.9 Å². The van der Waals surface area contributed by atoms with Crippen LogP contribution in [0.2, 0.25) is 0 Å². The fourth-order valence-corrected chi connectivity index (χ4v) is 3.17. The fraction of sp³-hybridized carbons (Fsp3) is 0.923. The number of carbonyl (C=O) groups excluding carboxylic acids is 1. The van der Waals surface area contributed by atoms with Crippen molar-refractivity contribution >= 4 is 5.91 Å². The molecular weight excluding hydrogens is 214 g/mol. The number of rotatable bonds is 3. The fourth-order valence-electron chi connectivity index (χ4n) is 3.17. The summed E-state index contributed by atoms with van der Waals surface area (Å²) in [6, 6.07) is 0.797. The summed E-state index contributed by atoms with van der Waals surface area (Å²) >= 11 is 0. The summed E-state index contributed by atoms with van der Waals surface area (Å²) in [5.41, 5.74) is 5.87. The van der Waals surface area contributed by atoms with Gasteiger partial charge in [-0.25, -0.2) is 0 Å². The van der Waals surface area contributed by atoms with Gasteiger partial charge in [0.1, 0.15) is 0 Å². The molecule has 1 heterocycles. The topological polar surface area (TPSA) is 49.6 Å². The molecule has 4 nitrogen and oxygen atoms in total. The Morgan fingerprint density at radius 2 is 2.18 bits per heavy atom. The molecule has 1 saturated carbocycles.